The fourth-order valence-corrected chi connectivity index (χ4v) is 2.49. The normalized spacial score (nSPS) is 10.8. The van der Waals surface area contributed by atoms with Gasteiger partial charge in [-0.2, -0.15) is 0 Å². The predicted molar refractivity (Wildman–Crippen MR) is 83.0 cm³/mol. The molecule has 3 aromatic rings. The topological polar surface area (TPSA) is 88.8 Å². The Morgan fingerprint density at radius 3 is 2.48 bits per heavy atom. The number of carboxylic acid groups (broad SMARTS) is 2. The Bertz CT molecular complexity index is 996. The zero-order valence-electron chi connectivity index (χ0n) is 12.6. The summed E-state index contributed by atoms with van der Waals surface area (Å²) in [6.07, 6.45) is -1.49. The smallest absolute Gasteiger partial charge is 0.416 e. The molecule has 0 radical (unpaired) electrons. The fourth-order valence-electron chi connectivity index (χ4n) is 2.49. The minimum atomic E-state index is -1.49. The van der Waals surface area contributed by atoms with Crippen LogP contribution in [0, 0.1) is 11.6 Å². The highest BCUT2D eigenvalue weighted by atomic mass is 19.1. The van der Waals surface area contributed by atoms with Crippen LogP contribution in [0.25, 0.3) is 10.9 Å². The van der Waals surface area contributed by atoms with Gasteiger partial charge in [0.1, 0.15) is 35.2 Å². The number of para-hydroxylation sites is 1. The molecule has 0 aliphatic heterocycles. The van der Waals surface area contributed by atoms with E-state index in [-0.39, 0.29) is 23.4 Å². The second kappa shape index (κ2) is 6.23. The van der Waals surface area contributed by atoms with Crippen molar-refractivity contribution in [2.45, 2.75) is 6.61 Å². The van der Waals surface area contributed by atoms with Gasteiger partial charge in [-0.3, -0.25) is 0 Å². The fraction of sp³-hybridized carbons (Fsp3) is 0.0588. The van der Waals surface area contributed by atoms with Gasteiger partial charge in [0.15, 0.2) is 0 Å². The van der Waals surface area contributed by atoms with Crippen LogP contribution in [0.15, 0.2) is 42.5 Å². The Labute approximate surface area is 139 Å². The van der Waals surface area contributed by atoms with Crippen LogP contribution >= 0.6 is 0 Å². The molecule has 0 unspecified atom stereocenters. The standard InChI is InChI=1S/C17H11F2NO5/c18-11-5-4-10(12(19)7-11)8-25-14-3-1-2-9-6-13(16(21)22)20(15(9)14)17(23)24/h1-7H,8H2,(H,21,22)(H,23,24). The molecule has 1 aromatic heterocycles. The maximum atomic E-state index is 13.7. The highest BCUT2D eigenvalue weighted by Crippen LogP contribution is 2.30. The average molecular weight is 347 g/mol. The van der Waals surface area contributed by atoms with E-state index in [4.69, 9.17) is 9.84 Å². The van der Waals surface area contributed by atoms with Gasteiger partial charge in [-0.1, -0.05) is 12.1 Å². The largest absolute Gasteiger partial charge is 0.487 e. The first-order valence-electron chi connectivity index (χ1n) is 7.06. The van der Waals surface area contributed by atoms with Crippen molar-refractivity contribution in [1.82, 2.24) is 4.57 Å². The van der Waals surface area contributed by atoms with E-state index in [1.54, 1.807) is 6.07 Å². The van der Waals surface area contributed by atoms with Crippen molar-refractivity contribution in [3.05, 3.63) is 65.4 Å². The summed E-state index contributed by atoms with van der Waals surface area (Å²) in [5.41, 5.74) is -0.327. The molecule has 2 aromatic carbocycles. The third kappa shape index (κ3) is 3.01. The molecule has 0 bridgehead atoms. The molecule has 0 aliphatic rings. The minimum absolute atomic E-state index is 0.0370. The molecule has 128 valence electrons. The SMILES string of the molecule is O=C(O)c1cc2cccc(OCc3ccc(F)cc3F)c2n1C(=O)O. The highest BCUT2D eigenvalue weighted by Gasteiger charge is 2.22. The summed E-state index contributed by atoms with van der Waals surface area (Å²) < 4.78 is 32.7. The van der Waals surface area contributed by atoms with Crippen molar-refractivity contribution in [3.8, 4) is 5.75 Å². The number of carboxylic acids is 1. The number of nitrogens with zero attached hydrogens (tertiary/aromatic N) is 1. The average Bonchev–Trinajstić information content (AvgIpc) is 2.94. The van der Waals surface area contributed by atoms with Crippen molar-refractivity contribution >= 4 is 23.0 Å². The number of aromatic nitrogens is 1. The van der Waals surface area contributed by atoms with E-state index < -0.39 is 29.4 Å². The first kappa shape index (κ1) is 16.4. The summed E-state index contributed by atoms with van der Waals surface area (Å²) >= 11 is 0. The van der Waals surface area contributed by atoms with Gasteiger partial charge in [0.25, 0.3) is 0 Å². The number of hydrogen-bond acceptors (Lipinski definition) is 3. The van der Waals surface area contributed by atoms with Crippen LogP contribution in [0.1, 0.15) is 16.1 Å². The number of rotatable bonds is 4. The summed E-state index contributed by atoms with van der Waals surface area (Å²) in [6, 6.07) is 8.73. The van der Waals surface area contributed by atoms with Crippen LogP contribution in [0.5, 0.6) is 5.75 Å². The lowest BCUT2D eigenvalue weighted by atomic mass is 10.2. The maximum absolute atomic E-state index is 13.7. The lowest BCUT2D eigenvalue weighted by Crippen LogP contribution is -2.15. The molecule has 0 saturated heterocycles. The number of halogens is 2. The van der Waals surface area contributed by atoms with E-state index in [0.29, 0.717) is 16.0 Å². The van der Waals surface area contributed by atoms with Gasteiger partial charge >= 0.3 is 12.1 Å². The lowest BCUT2D eigenvalue weighted by molar-refractivity contribution is 0.0684. The van der Waals surface area contributed by atoms with E-state index >= 15 is 0 Å². The zero-order valence-corrected chi connectivity index (χ0v) is 12.6. The molecule has 6 nitrogen and oxygen atoms in total. The first-order valence-corrected chi connectivity index (χ1v) is 7.06. The van der Waals surface area contributed by atoms with Crippen LogP contribution in [-0.4, -0.2) is 26.8 Å². The van der Waals surface area contributed by atoms with Crippen LogP contribution in [0.2, 0.25) is 0 Å². The summed E-state index contributed by atoms with van der Waals surface area (Å²) in [6.45, 7) is -0.279. The van der Waals surface area contributed by atoms with E-state index in [2.05, 4.69) is 0 Å². The Kier molecular flexibility index (Phi) is 4.10. The van der Waals surface area contributed by atoms with E-state index in [9.17, 15) is 23.5 Å². The zero-order chi connectivity index (χ0) is 18.1. The van der Waals surface area contributed by atoms with Gasteiger partial charge in [0, 0.05) is 17.0 Å². The summed E-state index contributed by atoms with van der Waals surface area (Å²) in [4.78, 5) is 22.7. The molecular weight excluding hydrogens is 336 g/mol. The molecule has 0 fully saturated rings. The molecule has 2 N–H and O–H groups in total. The monoisotopic (exact) mass is 347 g/mol. The van der Waals surface area contributed by atoms with Gasteiger partial charge in [0.2, 0.25) is 0 Å². The van der Waals surface area contributed by atoms with E-state index in [1.807, 2.05) is 0 Å². The first-order chi connectivity index (χ1) is 11.9. The quantitative estimate of drug-likeness (QED) is 0.751. The van der Waals surface area contributed by atoms with Crippen molar-refractivity contribution in [2.24, 2.45) is 0 Å². The van der Waals surface area contributed by atoms with Gasteiger partial charge in [-0.05, 0) is 24.3 Å². The van der Waals surface area contributed by atoms with Crippen molar-refractivity contribution in [3.63, 3.8) is 0 Å². The molecule has 0 amide bonds. The molecule has 8 heteroatoms. The molecule has 3 rings (SSSR count). The second-order valence-corrected chi connectivity index (χ2v) is 5.17. The maximum Gasteiger partial charge on any atom is 0.416 e. The van der Waals surface area contributed by atoms with Crippen molar-refractivity contribution in [2.75, 3.05) is 0 Å². The Morgan fingerprint density at radius 1 is 1.08 bits per heavy atom. The number of aromatic carboxylic acids is 1. The van der Waals surface area contributed by atoms with Crippen molar-refractivity contribution < 1.29 is 33.3 Å². The number of carbonyl (C=O) groups is 2. The summed E-state index contributed by atoms with van der Waals surface area (Å²) in [7, 11) is 0. The predicted octanol–water partition coefficient (Wildman–Crippen LogP) is 3.72. The lowest BCUT2D eigenvalue weighted by Gasteiger charge is -2.10. The molecular formula is C17H11F2NO5. The number of ether oxygens (including phenoxy) is 1. The van der Waals surface area contributed by atoms with Crippen LogP contribution in [-0.2, 0) is 6.61 Å². The Balaban J connectivity index is 2.04. The van der Waals surface area contributed by atoms with Gasteiger partial charge in [-0.25, -0.2) is 22.9 Å². The Hall–Kier alpha value is -3.42. The Morgan fingerprint density at radius 2 is 1.84 bits per heavy atom. The molecule has 0 spiro atoms. The van der Waals surface area contributed by atoms with Gasteiger partial charge in [-0.15, -0.1) is 0 Å². The number of hydrogen-bond donors (Lipinski definition) is 2. The molecule has 25 heavy (non-hydrogen) atoms. The molecule has 0 atom stereocenters. The molecule has 1 heterocycles. The van der Waals surface area contributed by atoms with Gasteiger partial charge < -0.3 is 14.9 Å². The van der Waals surface area contributed by atoms with Crippen LogP contribution < -0.4 is 4.74 Å². The minimum Gasteiger partial charge on any atom is -0.487 e. The summed E-state index contributed by atoms with van der Waals surface area (Å²) in [5.74, 6) is -2.87. The number of fused-ring (bicyclic) bond motifs is 1. The third-order valence-corrected chi connectivity index (χ3v) is 3.60. The molecule has 0 aliphatic carbocycles. The van der Waals surface area contributed by atoms with Crippen molar-refractivity contribution in [1.29, 1.82) is 0 Å². The molecule has 0 saturated carbocycles. The van der Waals surface area contributed by atoms with E-state index in [0.717, 1.165) is 6.07 Å². The highest BCUT2D eigenvalue weighted by molar-refractivity contribution is 6.02. The summed E-state index contributed by atoms with van der Waals surface area (Å²) in [5, 5.41) is 18.8. The van der Waals surface area contributed by atoms with Gasteiger partial charge in [0.05, 0.1) is 0 Å². The number of benzene rings is 2. The van der Waals surface area contributed by atoms with Crippen LogP contribution in [0.3, 0.4) is 0 Å². The third-order valence-electron chi connectivity index (χ3n) is 3.60. The van der Waals surface area contributed by atoms with E-state index in [1.165, 1.54) is 24.3 Å². The second-order valence-electron chi connectivity index (χ2n) is 5.17. The van der Waals surface area contributed by atoms with Crippen LogP contribution in [0.4, 0.5) is 13.6 Å².